The molecule has 0 aromatic carbocycles. The molecule has 0 heterocycles. The summed E-state index contributed by atoms with van der Waals surface area (Å²) in [5, 5.41) is 10.1. The molecule has 0 aliphatic rings. The first kappa shape index (κ1) is 24.5. The highest BCUT2D eigenvalue weighted by molar-refractivity contribution is 7.79. The van der Waals surface area contributed by atoms with Crippen molar-refractivity contribution in [3.8, 4) is 0 Å². The summed E-state index contributed by atoms with van der Waals surface area (Å²) in [5.74, 6) is -2.62. The van der Waals surface area contributed by atoms with Crippen LogP contribution in [0.25, 0.3) is 0 Å². The highest BCUT2D eigenvalue weighted by Gasteiger charge is 2.43. The molecule has 0 radical (unpaired) electrons. The lowest BCUT2D eigenvalue weighted by Crippen LogP contribution is -2.44. The second-order valence-corrected chi connectivity index (χ2v) is 5.06. The van der Waals surface area contributed by atoms with Crippen molar-refractivity contribution < 1.29 is 51.2 Å². The van der Waals surface area contributed by atoms with Crippen LogP contribution in [0.2, 0.25) is 0 Å². The van der Waals surface area contributed by atoms with Crippen LogP contribution in [0.3, 0.4) is 0 Å². The summed E-state index contributed by atoms with van der Waals surface area (Å²) in [7, 11) is -4.67. The molecule has 0 rings (SSSR count). The van der Waals surface area contributed by atoms with Crippen LogP contribution in [0.4, 0.5) is 0 Å². The van der Waals surface area contributed by atoms with Crippen molar-refractivity contribution in [2.24, 2.45) is 0 Å². The smallest absolute Gasteiger partial charge is 0.394 e. The van der Waals surface area contributed by atoms with E-state index in [2.05, 4.69) is 14.2 Å². The van der Waals surface area contributed by atoms with E-state index in [1.807, 2.05) is 0 Å². The maximum atomic E-state index is 11.7. The summed E-state index contributed by atoms with van der Waals surface area (Å²) < 4.78 is 45.5. The Labute approximate surface area is 139 Å². The first-order valence-electron chi connectivity index (χ1n) is 6.80. The molecule has 0 saturated carbocycles. The minimum atomic E-state index is -4.67. The number of rotatable bonds is 8. The van der Waals surface area contributed by atoms with Gasteiger partial charge >= 0.3 is 28.3 Å². The zero-order valence-electron chi connectivity index (χ0n) is 13.6. The van der Waals surface area contributed by atoms with E-state index in [1.54, 1.807) is 20.8 Å². The Kier molecular flexibility index (Phi) is 12.0. The average Bonchev–Trinajstić information content (AvgIpc) is 2.36. The summed E-state index contributed by atoms with van der Waals surface area (Å²) in [6.45, 7) is 4.97. The van der Waals surface area contributed by atoms with Gasteiger partial charge in [0, 0.05) is 0 Å². The van der Waals surface area contributed by atoms with E-state index in [0.29, 0.717) is 0 Å². The molecule has 0 unspecified atom stereocenters. The molecule has 0 bridgehead atoms. The maximum Gasteiger partial charge on any atom is 0.394 e. The van der Waals surface area contributed by atoms with Crippen molar-refractivity contribution in [2.75, 3.05) is 19.8 Å². The molecule has 0 amide bonds. The van der Waals surface area contributed by atoms with Gasteiger partial charge in [-0.15, -0.1) is 0 Å². The van der Waals surface area contributed by atoms with Crippen molar-refractivity contribution in [3.05, 3.63) is 0 Å². The number of carbonyl (C=O) groups excluding carboxylic acids is 3. The van der Waals surface area contributed by atoms with E-state index in [-0.39, 0.29) is 19.8 Å². The van der Waals surface area contributed by atoms with E-state index in [4.69, 9.17) is 17.5 Å². The molecule has 0 aliphatic carbocycles. The molecule has 0 spiro atoms. The number of esters is 3. The summed E-state index contributed by atoms with van der Waals surface area (Å²) >= 11 is 0. The van der Waals surface area contributed by atoms with Gasteiger partial charge in [-0.1, -0.05) is 0 Å². The summed E-state index contributed by atoms with van der Waals surface area (Å²) in [6, 6.07) is 0. The van der Waals surface area contributed by atoms with Gasteiger partial charge in [0.2, 0.25) is 0 Å². The zero-order chi connectivity index (χ0) is 19.4. The highest BCUT2D eigenvalue weighted by Crippen LogP contribution is 2.19. The molecule has 0 aliphatic heterocycles. The van der Waals surface area contributed by atoms with Crippen molar-refractivity contribution in [2.45, 2.75) is 39.2 Å². The van der Waals surface area contributed by atoms with Crippen molar-refractivity contribution in [3.63, 3.8) is 0 Å². The topological polar surface area (TPSA) is 174 Å². The van der Waals surface area contributed by atoms with Crippen LogP contribution in [0.15, 0.2) is 0 Å². The Balaban J connectivity index is 0. The van der Waals surface area contributed by atoms with E-state index < -0.39 is 46.7 Å². The Morgan fingerprint density at radius 3 is 1.38 bits per heavy atom. The van der Waals surface area contributed by atoms with Gasteiger partial charge in [-0.05, 0) is 20.8 Å². The molecule has 0 aromatic rings. The zero-order valence-corrected chi connectivity index (χ0v) is 14.4. The minimum absolute atomic E-state index is 0.0206. The predicted molar refractivity (Wildman–Crippen MR) is 78.3 cm³/mol. The average molecular weight is 374 g/mol. The van der Waals surface area contributed by atoms with Gasteiger partial charge in [0.15, 0.2) is 5.60 Å². The second kappa shape index (κ2) is 11.7. The minimum Gasteiger partial charge on any atom is -0.466 e. The number of hydrogen-bond acceptors (Lipinski definition) is 9. The normalized spacial score (nSPS) is 10.9. The molecule has 142 valence electrons. The fourth-order valence-electron chi connectivity index (χ4n) is 1.37. The molecule has 12 heteroatoms. The van der Waals surface area contributed by atoms with Crippen LogP contribution < -0.4 is 0 Å². The van der Waals surface area contributed by atoms with Gasteiger partial charge in [-0.3, -0.25) is 18.7 Å². The number of ether oxygens (including phenoxy) is 3. The molecule has 0 fully saturated rings. The van der Waals surface area contributed by atoms with Crippen LogP contribution in [0.1, 0.15) is 33.6 Å². The lowest BCUT2D eigenvalue weighted by Gasteiger charge is -2.23. The lowest BCUT2D eigenvalue weighted by atomic mass is 9.95. The van der Waals surface area contributed by atoms with Gasteiger partial charge in [0.25, 0.3) is 0 Å². The Morgan fingerprint density at radius 1 is 0.833 bits per heavy atom. The van der Waals surface area contributed by atoms with Gasteiger partial charge in [0.05, 0.1) is 32.7 Å². The number of aliphatic hydroxyl groups is 1. The second-order valence-electron chi connectivity index (χ2n) is 4.16. The van der Waals surface area contributed by atoms with Gasteiger partial charge in [-0.2, -0.15) is 8.42 Å². The molecule has 24 heavy (non-hydrogen) atoms. The van der Waals surface area contributed by atoms with Crippen LogP contribution in [-0.2, 0) is 39.0 Å². The highest BCUT2D eigenvalue weighted by atomic mass is 32.3. The predicted octanol–water partition coefficient (Wildman–Crippen LogP) is -0.466. The van der Waals surface area contributed by atoms with Crippen LogP contribution >= 0.6 is 0 Å². The maximum absolute atomic E-state index is 11.7. The third kappa shape index (κ3) is 13.9. The van der Waals surface area contributed by atoms with Crippen molar-refractivity contribution in [1.29, 1.82) is 0 Å². The molecule has 3 N–H and O–H groups in total. The largest absolute Gasteiger partial charge is 0.466 e. The third-order valence-electron chi connectivity index (χ3n) is 2.14. The fourth-order valence-corrected chi connectivity index (χ4v) is 1.37. The monoisotopic (exact) mass is 374 g/mol. The molecule has 0 saturated heterocycles. The lowest BCUT2D eigenvalue weighted by molar-refractivity contribution is -0.177. The Hall–Kier alpha value is -1.76. The first-order valence-corrected chi connectivity index (χ1v) is 8.20. The summed E-state index contributed by atoms with van der Waals surface area (Å²) in [4.78, 5) is 34.4. The standard InChI is InChI=1S/C12H20O7.H2O4S/c1-4-17-9(13)7-12(16,11(15)19-6-3)8-10(14)18-5-2;1-5(2,3)4/h16H,4-8H2,1-3H3;(H2,1,2,3,4). The van der Waals surface area contributed by atoms with E-state index in [0.717, 1.165) is 0 Å². The molecule has 0 aromatic heterocycles. The molecular weight excluding hydrogens is 352 g/mol. The van der Waals surface area contributed by atoms with E-state index >= 15 is 0 Å². The van der Waals surface area contributed by atoms with Crippen molar-refractivity contribution in [1.82, 2.24) is 0 Å². The summed E-state index contributed by atoms with van der Waals surface area (Å²) in [6.07, 6.45) is -1.31. The Bertz CT molecular complexity index is 483. The van der Waals surface area contributed by atoms with Crippen molar-refractivity contribution >= 4 is 28.3 Å². The number of carbonyl (C=O) groups is 3. The number of hydrogen-bond donors (Lipinski definition) is 3. The quantitative estimate of drug-likeness (QED) is 0.285. The first-order chi connectivity index (χ1) is 10.9. The molecular formula is C12H22O11S. The van der Waals surface area contributed by atoms with E-state index in [1.165, 1.54) is 0 Å². The third-order valence-corrected chi connectivity index (χ3v) is 2.14. The van der Waals surface area contributed by atoms with Gasteiger partial charge < -0.3 is 19.3 Å². The van der Waals surface area contributed by atoms with Crippen LogP contribution in [0.5, 0.6) is 0 Å². The fraction of sp³-hybridized carbons (Fsp3) is 0.750. The van der Waals surface area contributed by atoms with Gasteiger partial charge in [0.1, 0.15) is 0 Å². The van der Waals surface area contributed by atoms with Gasteiger partial charge in [-0.25, -0.2) is 4.79 Å². The SMILES string of the molecule is CCOC(=O)CC(O)(CC(=O)OCC)C(=O)OCC.O=S(=O)(O)O. The van der Waals surface area contributed by atoms with E-state index in [9.17, 15) is 19.5 Å². The summed E-state index contributed by atoms with van der Waals surface area (Å²) in [5.41, 5.74) is -2.26. The Morgan fingerprint density at radius 2 is 1.12 bits per heavy atom. The van der Waals surface area contributed by atoms with Crippen LogP contribution in [0, 0.1) is 0 Å². The van der Waals surface area contributed by atoms with Crippen LogP contribution in [-0.4, -0.2) is 66.0 Å². The molecule has 11 nitrogen and oxygen atoms in total. The molecule has 0 atom stereocenters.